The summed E-state index contributed by atoms with van der Waals surface area (Å²) in [7, 11) is 0. The lowest BCUT2D eigenvalue weighted by atomic mass is 10.0. The SMILES string of the molecule is C=C(NCC(C)C)C(F)(F)CCCCCCCCCCCCC. The highest BCUT2D eigenvalue weighted by Crippen LogP contribution is 2.28. The van der Waals surface area contributed by atoms with Gasteiger partial charge in [0.25, 0.3) is 5.92 Å². The molecule has 0 amide bonds. The Kier molecular flexibility index (Phi) is 13.4. The Hall–Kier alpha value is -0.600. The second-order valence-electron chi connectivity index (χ2n) is 7.24. The van der Waals surface area contributed by atoms with Crippen molar-refractivity contribution in [1.29, 1.82) is 0 Å². The molecule has 0 bridgehead atoms. The molecule has 1 N–H and O–H groups in total. The molecular weight excluding hydrogens is 292 g/mol. The number of alkyl halides is 2. The number of hydrogen-bond donors (Lipinski definition) is 1. The van der Waals surface area contributed by atoms with Crippen LogP contribution < -0.4 is 5.32 Å². The Morgan fingerprint density at radius 1 is 0.870 bits per heavy atom. The molecule has 3 heteroatoms. The van der Waals surface area contributed by atoms with E-state index in [0.29, 0.717) is 18.9 Å². The van der Waals surface area contributed by atoms with Crippen LogP contribution in [0.5, 0.6) is 0 Å². The van der Waals surface area contributed by atoms with Crippen LogP contribution >= 0.6 is 0 Å². The summed E-state index contributed by atoms with van der Waals surface area (Å²) in [5.74, 6) is -2.42. The first kappa shape index (κ1) is 22.4. The van der Waals surface area contributed by atoms with Gasteiger partial charge in [0.15, 0.2) is 0 Å². The Morgan fingerprint density at radius 3 is 1.74 bits per heavy atom. The van der Waals surface area contributed by atoms with Gasteiger partial charge in [-0.25, -0.2) is 0 Å². The van der Waals surface area contributed by atoms with Gasteiger partial charge in [0.1, 0.15) is 0 Å². The Balaban J connectivity index is 3.50. The van der Waals surface area contributed by atoms with Crippen molar-refractivity contribution < 1.29 is 8.78 Å². The van der Waals surface area contributed by atoms with E-state index < -0.39 is 5.92 Å². The van der Waals surface area contributed by atoms with E-state index >= 15 is 0 Å². The number of rotatable bonds is 16. The standard InChI is InChI=1S/C20H39F2N/c1-5-6-7-8-9-10-11-12-13-14-15-16-20(21,22)19(4)23-17-18(2)3/h18,23H,4-17H2,1-3H3. The predicted molar refractivity (Wildman–Crippen MR) is 98.0 cm³/mol. The molecular formula is C20H39F2N. The molecule has 0 aliphatic rings. The fourth-order valence-corrected chi connectivity index (χ4v) is 2.62. The minimum Gasteiger partial charge on any atom is -0.384 e. The minimum absolute atomic E-state index is 0.0755. The van der Waals surface area contributed by atoms with E-state index in [0.717, 1.165) is 12.8 Å². The molecule has 0 heterocycles. The molecule has 0 aromatic heterocycles. The lowest BCUT2D eigenvalue weighted by Gasteiger charge is -2.21. The van der Waals surface area contributed by atoms with Crippen molar-refractivity contribution in [1.82, 2.24) is 5.32 Å². The molecule has 0 rings (SSSR count). The molecule has 138 valence electrons. The van der Waals surface area contributed by atoms with Gasteiger partial charge in [-0.2, -0.15) is 8.78 Å². The van der Waals surface area contributed by atoms with Gasteiger partial charge in [-0.05, 0) is 12.3 Å². The van der Waals surface area contributed by atoms with Crippen LogP contribution in [0.3, 0.4) is 0 Å². The van der Waals surface area contributed by atoms with Crippen LogP contribution in [0.15, 0.2) is 12.3 Å². The highest BCUT2D eigenvalue weighted by molar-refractivity contribution is 5.04. The molecule has 0 aliphatic carbocycles. The highest BCUT2D eigenvalue weighted by Gasteiger charge is 2.31. The van der Waals surface area contributed by atoms with Gasteiger partial charge in [-0.3, -0.25) is 0 Å². The summed E-state index contributed by atoms with van der Waals surface area (Å²) in [6, 6.07) is 0. The number of halogens is 2. The normalized spacial score (nSPS) is 11.9. The van der Waals surface area contributed by atoms with E-state index in [4.69, 9.17) is 0 Å². The quantitative estimate of drug-likeness (QED) is 0.298. The molecule has 1 nitrogen and oxygen atoms in total. The molecule has 23 heavy (non-hydrogen) atoms. The summed E-state index contributed by atoms with van der Waals surface area (Å²) in [5.41, 5.74) is -0.113. The average molecular weight is 332 g/mol. The smallest absolute Gasteiger partial charge is 0.286 e. The van der Waals surface area contributed by atoms with Gasteiger partial charge in [0.05, 0.1) is 5.70 Å². The van der Waals surface area contributed by atoms with Crippen molar-refractivity contribution >= 4 is 0 Å². The first-order valence-corrected chi connectivity index (χ1v) is 9.71. The number of allylic oxidation sites excluding steroid dienone is 1. The summed E-state index contributed by atoms with van der Waals surface area (Å²) >= 11 is 0. The third kappa shape index (κ3) is 13.5. The van der Waals surface area contributed by atoms with E-state index in [1.807, 2.05) is 13.8 Å². The maximum absolute atomic E-state index is 13.9. The van der Waals surface area contributed by atoms with Gasteiger partial charge in [0, 0.05) is 13.0 Å². The maximum atomic E-state index is 13.9. The fraction of sp³-hybridized carbons (Fsp3) is 0.900. The summed E-state index contributed by atoms with van der Waals surface area (Å²) in [6.07, 6.45) is 12.9. The summed E-state index contributed by atoms with van der Waals surface area (Å²) in [5, 5.41) is 2.77. The molecule has 0 unspecified atom stereocenters. The third-order valence-electron chi connectivity index (χ3n) is 4.26. The van der Waals surface area contributed by atoms with Crippen molar-refractivity contribution in [2.75, 3.05) is 6.54 Å². The van der Waals surface area contributed by atoms with Crippen molar-refractivity contribution in [2.45, 2.75) is 104 Å². The van der Waals surface area contributed by atoms with Crippen LogP contribution in [0.2, 0.25) is 0 Å². The first-order chi connectivity index (χ1) is 10.9. The number of unbranched alkanes of at least 4 members (excludes halogenated alkanes) is 10. The predicted octanol–water partition coefficient (Wildman–Crippen LogP) is 7.08. The lowest BCUT2D eigenvalue weighted by molar-refractivity contribution is 0.0226. The first-order valence-electron chi connectivity index (χ1n) is 9.71. The Bertz CT molecular complexity index is 287. The van der Waals surface area contributed by atoms with Crippen molar-refractivity contribution in [3.05, 3.63) is 12.3 Å². The van der Waals surface area contributed by atoms with Crippen LogP contribution in [0.25, 0.3) is 0 Å². The van der Waals surface area contributed by atoms with Crippen LogP contribution in [0, 0.1) is 5.92 Å². The largest absolute Gasteiger partial charge is 0.384 e. The Labute approximate surface area is 143 Å². The molecule has 0 aromatic rings. The molecule has 0 radical (unpaired) electrons. The molecule has 0 aromatic carbocycles. The number of nitrogens with one attached hydrogen (secondary N) is 1. The maximum Gasteiger partial charge on any atom is 0.286 e. The van der Waals surface area contributed by atoms with E-state index in [1.165, 1.54) is 51.4 Å². The van der Waals surface area contributed by atoms with E-state index in [-0.39, 0.29) is 12.1 Å². The summed E-state index contributed by atoms with van der Waals surface area (Å²) in [4.78, 5) is 0. The lowest BCUT2D eigenvalue weighted by Crippen LogP contribution is -2.31. The van der Waals surface area contributed by atoms with Crippen molar-refractivity contribution in [3.63, 3.8) is 0 Å². The molecule has 0 fully saturated rings. The molecule has 0 saturated heterocycles. The fourth-order valence-electron chi connectivity index (χ4n) is 2.62. The van der Waals surface area contributed by atoms with E-state index in [2.05, 4.69) is 18.8 Å². The van der Waals surface area contributed by atoms with Gasteiger partial charge in [0.2, 0.25) is 0 Å². The molecule has 0 aliphatic heterocycles. The van der Waals surface area contributed by atoms with Crippen LogP contribution in [-0.4, -0.2) is 12.5 Å². The van der Waals surface area contributed by atoms with Gasteiger partial charge in [-0.15, -0.1) is 0 Å². The molecule has 0 saturated carbocycles. The van der Waals surface area contributed by atoms with Crippen LogP contribution in [0.4, 0.5) is 8.78 Å². The van der Waals surface area contributed by atoms with Crippen LogP contribution in [-0.2, 0) is 0 Å². The molecule has 0 spiro atoms. The zero-order valence-electron chi connectivity index (χ0n) is 15.7. The van der Waals surface area contributed by atoms with Gasteiger partial charge >= 0.3 is 0 Å². The van der Waals surface area contributed by atoms with Gasteiger partial charge in [-0.1, -0.05) is 91.6 Å². The zero-order valence-corrected chi connectivity index (χ0v) is 15.7. The van der Waals surface area contributed by atoms with E-state index in [9.17, 15) is 8.78 Å². The topological polar surface area (TPSA) is 12.0 Å². The summed E-state index contributed by atoms with van der Waals surface area (Å²) < 4.78 is 27.8. The molecule has 0 atom stereocenters. The van der Waals surface area contributed by atoms with Crippen molar-refractivity contribution in [2.24, 2.45) is 5.92 Å². The minimum atomic E-state index is -2.77. The monoisotopic (exact) mass is 331 g/mol. The zero-order chi connectivity index (χ0) is 17.6. The van der Waals surface area contributed by atoms with Crippen LogP contribution in [0.1, 0.15) is 97.8 Å². The Morgan fingerprint density at radius 2 is 1.30 bits per heavy atom. The van der Waals surface area contributed by atoms with Crippen molar-refractivity contribution in [3.8, 4) is 0 Å². The van der Waals surface area contributed by atoms with E-state index in [1.54, 1.807) is 0 Å². The average Bonchev–Trinajstić information content (AvgIpc) is 2.50. The second-order valence-corrected chi connectivity index (χ2v) is 7.24. The highest BCUT2D eigenvalue weighted by atomic mass is 19.3. The van der Waals surface area contributed by atoms with Gasteiger partial charge < -0.3 is 5.32 Å². The summed E-state index contributed by atoms with van der Waals surface area (Å²) in [6.45, 7) is 10.3. The second kappa shape index (κ2) is 13.8. The number of hydrogen-bond acceptors (Lipinski definition) is 1. The third-order valence-corrected chi connectivity index (χ3v) is 4.26.